The van der Waals surface area contributed by atoms with Crippen LogP contribution >= 0.6 is 24.8 Å². The van der Waals surface area contributed by atoms with Crippen LogP contribution in [-0.4, -0.2) is 67.9 Å². The summed E-state index contributed by atoms with van der Waals surface area (Å²) in [5.41, 5.74) is 0.701. The first-order chi connectivity index (χ1) is 14.6. The summed E-state index contributed by atoms with van der Waals surface area (Å²) >= 11 is 0. The van der Waals surface area contributed by atoms with Gasteiger partial charge in [-0.2, -0.15) is 0 Å². The van der Waals surface area contributed by atoms with Crippen LogP contribution in [0.1, 0.15) is 59.3 Å². The van der Waals surface area contributed by atoms with E-state index in [1.807, 2.05) is 24.3 Å². The Bertz CT molecular complexity index is 612. The number of nitrogens with zero attached hydrogens (tertiary/aromatic N) is 2. The molecular formula is C24H43Cl2N3O3. The molecule has 1 amide bonds. The fraction of sp³-hybridized carbons (Fsp3) is 0.708. The molecule has 0 bridgehead atoms. The number of ether oxygens (including phenoxy) is 2. The Morgan fingerprint density at radius 2 is 1.81 bits per heavy atom. The number of likely N-dealkylation sites (N-methyl/N-ethyl adjacent to an activating group) is 1. The molecular weight excluding hydrogens is 449 g/mol. The molecule has 1 atom stereocenters. The second kappa shape index (κ2) is 18.2. The number of hydrogen-bond acceptors (Lipinski definition) is 5. The number of nitrogens with one attached hydrogen (secondary N) is 1. The second-order valence-corrected chi connectivity index (χ2v) is 8.08. The van der Waals surface area contributed by atoms with Gasteiger partial charge in [0.15, 0.2) is 0 Å². The molecule has 0 radical (unpaired) electrons. The summed E-state index contributed by atoms with van der Waals surface area (Å²) in [6.45, 7) is 12.8. The lowest BCUT2D eigenvalue weighted by atomic mass is 10.1. The zero-order valence-corrected chi connectivity index (χ0v) is 21.6. The lowest BCUT2D eigenvalue weighted by Gasteiger charge is -2.32. The maximum absolute atomic E-state index is 12.6. The van der Waals surface area contributed by atoms with Crippen molar-refractivity contribution in [1.82, 2.24) is 9.80 Å². The highest BCUT2D eigenvalue weighted by Crippen LogP contribution is 2.18. The Morgan fingerprint density at radius 1 is 1.09 bits per heavy atom. The Balaban J connectivity index is 0.00000480. The Morgan fingerprint density at radius 3 is 2.47 bits per heavy atom. The molecule has 0 aliphatic carbocycles. The monoisotopic (exact) mass is 491 g/mol. The third-order valence-electron chi connectivity index (χ3n) is 5.64. The maximum Gasteiger partial charge on any atom is 0.411 e. The highest BCUT2D eigenvalue weighted by Gasteiger charge is 2.22. The van der Waals surface area contributed by atoms with Crippen molar-refractivity contribution in [2.24, 2.45) is 0 Å². The fourth-order valence-corrected chi connectivity index (χ4v) is 3.84. The van der Waals surface area contributed by atoms with E-state index in [1.165, 1.54) is 25.7 Å². The molecule has 2 rings (SSSR count). The van der Waals surface area contributed by atoms with Crippen LogP contribution in [0, 0.1) is 0 Å². The van der Waals surface area contributed by atoms with Gasteiger partial charge in [0.1, 0.15) is 11.9 Å². The van der Waals surface area contributed by atoms with Gasteiger partial charge in [0, 0.05) is 24.8 Å². The molecule has 1 N–H and O–H groups in total. The number of rotatable bonds is 13. The van der Waals surface area contributed by atoms with E-state index in [4.69, 9.17) is 9.47 Å². The SMILES string of the molecule is CCCCCOc1cccc(NC(=O)OC(CN(CC)CC)CN2CCCCC2)c1.Cl.Cl. The number of likely N-dealkylation sites (tertiary alicyclic amines) is 1. The van der Waals surface area contributed by atoms with E-state index in [0.717, 1.165) is 57.9 Å². The van der Waals surface area contributed by atoms with Crippen LogP contribution in [0.3, 0.4) is 0 Å². The quantitative estimate of drug-likeness (QED) is 0.351. The molecule has 1 heterocycles. The van der Waals surface area contributed by atoms with Gasteiger partial charge in [0.25, 0.3) is 0 Å². The van der Waals surface area contributed by atoms with Crippen LogP contribution in [0.4, 0.5) is 10.5 Å². The molecule has 1 aliphatic rings. The van der Waals surface area contributed by atoms with Gasteiger partial charge in [-0.25, -0.2) is 4.79 Å². The van der Waals surface area contributed by atoms with E-state index < -0.39 is 6.09 Å². The first-order valence-corrected chi connectivity index (χ1v) is 11.8. The first-order valence-electron chi connectivity index (χ1n) is 11.8. The van der Waals surface area contributed by atoms with E-state index in [0.29, 0.717) is 12.3 Å². The third kappa shape index (κ3) is 12.1. The van der Waals surface area contributed by atoms with E-state index in [9.17, 15) is 4.79 Å². The van der Waals surface area contributed by atoms with Crippen LogP contribution in [0.15, 0.2) is 24.3 Å². The number of unbranched alkanes of at least 4 members (excludes halogenated alkanes) is 2. The number of piperidine rings is 1. The predicted octanol–water partition coefficient (Wildman–Crippen LogP) is 5.84. The van der Waals surface area contributed by atoms with Crippen molar-refractivity contribution in [1.29, 1.82) is 0 Å². The van der Waals surface area contributed by atoms with Crippen molar-refractivity contribution in [3.05, 3.63) is 24.3 Å². The van der Waals surface area contributed by atoms with Crippen LogP contribution < -0.4 is 10.1 Å². The average Bonchev–Trinajstić information content (AvgIpc) is 2.76. The molecule has 32 heavy (non-hydrogen) atoms. The van der Waals surface area contributed by atoms with Gasteiger partial charge in [0.05, 0.1) is 6.61 Å². The minimum Gasteiger partial charge on any atom is -0.494 e. The van der Waals surface area contributed by atoms with Crippen molar-refractivity contribution in [3.63, 3.8) is 0 Å². The summed E-state index contributed by atoms with van der Waals surface area (Å²) in [4.78, 5) is 17.4. The molecule has 8 heteroatoms. The molecule has 6 nitrogen and oxygen atoms in total. The van der Waals surface area contributed by atoms with E-state index in [-0.39, 0.29) is 30.9 Å². The summed E-state index contributed by atoms with van der Waals surface area (Å²) in [7, 11) is 0. The summed E-state index contributed by atoms with van der Waals surface area (Å²) in [6.07, 6.45) is 6.60. The minimum absolute atomic E-state index is 0. The lowest BCUT2D eigenvalue weighted by molar-refractivity contribution is 0.0503. The van der Waals surface area contributed by atoms with Crippen LogP contribution in [-0.2, 0) is 4.74 Å². The van der Waals surface area contributed by atoms with E-state index in [2.05, 4.69) is 35.9 Å². The third-order valence-corrected chi connectivity index (χ3v) is 5.64. The smallest absolute Gasteiger partial charge is 0.411 e. The highest BCUT2D eigenvalue weighted by atomic mass is 35.5. The van der Waals surface area contributed by atoms with Crippen LogP contribution in [0.5, 0.6) is 5.75 Å². The number of hydrogen-bond donors (Lipinski definition) is 1. The molecule has 0 spiro atoms. The Hall–Kier alpha value is -1.21. The van der Waals surface area contributed by atoms with E-state index in [1.54, 1.807) is 0 Å². The number of carbonyl (C=O) groups excluding carboxylic acids is 1. The van der Waals surface area contributed by atoms with Gasteiger partial charge in [-0.3, -0.25) is 10.2 Å². The molecule has 1 fully saturated rings. The van der Waals surface area contributed by atoms with Gasteiger partial charge >= 0.3 is 6.09 Å². The molecule has 1 aromatic carbocycles. The highest BCUT2D eigenvalue weighted by molar-refractivity contribution is 5.86. The minimum atomic E-state index is -0.396. The molecule has 1 saturated heterocycles. The molecule has 0 aromatic heterocycles. The standard InChI is InChI=1S/C24H41N3O3.2ClH/c1-4-7-11-17-29-22-14-12-13-21(18-22)25-24(28)30-23(19-26(5-2)6-3)20-27-15-9-8-10-16-27;;/h12-14,18,23H,4-11,15-17,19-20H2,1-3H3,(H,25,28);2*1H. The second-order valence-electron chi connectivity index (χ2n) is 8.08. The topological polar surface area (TPSA) is 54.0 Å². The number of carbonyl (C=O) groups is 1. The van der Waals surface area contributed by atoms with Gasteiger partial charge in [0.2, 0.25) is 0 Å². The Labute approximate surface area is 207 Å². The average molecular weight is 493 g/mol. The van der Waals surface area contributed by atoms with Crippen molar-refractivity contribution in [2.75, 3.05) is 51.2 Å². The number of benzene rings is 1. The zero-order valence-electron chi connectivity index (χ0n) is 20.0. The summed E-state index contributed by atoms with van der Waals surface area (Å²) in [6, 6.07) is 7.54. The summed E-state index contributed by atoms with van der Waals surface area (Å²) < 4.78 is 11.7. The molecule has 1 aliphatic heterocycles. The summed E-state index contributed by atoms with van der Waals surface area (Å²) in [5, 5.41) is 2.88. The number of anilines is 1. The van der Waals surface area contributed by atoms with Crippen molar-refractivity contribution in [3.8, 4) is 5.75 Å². The van der Waals surface area contributed by atoms with Crippen molar-refractivity contribution < 1.29 is 14.3 Å². The van der Waals surface area contributed by atoms with Gasteiger partial charge in [-0.1, -0.05) is 46.1 Å². The van der Waals surface area contributed by atoms with Gasteiger partial charge in [-0.15, -0.1) is 24.8 Å². The van der Waals surface area contributed by atoms with Crippen LogP contribution in [0.2, 0.25) is 0 Å². The number of halogens is 2. The normalized spacial score (nSPS) is 14.8. The number of amides is 1. The Kier molecular flexibility index (Phi) is 17.6. The molecule has 1 aromatic rings. The van der Waals surface area contributed by atoms with Gasteiger partial charge < -0.3 is 14.4 Å². The molecule has 1 unspecified atom stereocenters. The molecule has 0 saturated carbocycles. The van der Waals surface area contributed by atoms with Gasteiger partial charge in [-0.05, 0) is 57.6 Å². The zero-order chi connectivity index (χ0) is 21.6. The first kappa shape index (κ1) is 30.8. The maximum atomic E-state index is 12.6. The van der Waals surface area contributed by atoms with Crippen LogP contribution in [0.25, 0.3) is 0 Å². The fourth-order valence-electron chi connectivity index (χ4n) is 3.84. The lowest BCUT2D eigenvalue weighted by Crippen LogP contribution is -2.44. The van der Waals surface area contributed by atoms with Crippen molar-refractivity contribution in [2.45, 2.75) is 65.4 Å². The predicted molar refractivity (Wildman–Crippen MR) is 138 cm³/mol. The molecule has 186 valence electrons. The largest absolute Gasteiger partial charge is 0.494 e. The summed E-state index contributed by atoms with van der Waals surface area (Å²) in [5.74, 6) is 0.775. The van der Waals surface area contributed by atoms with Crippen molar-refractivity contribution >= 4 is 36.6 Å². The van der Waals surface area contributed by atoms with E-state index >= 15 is 0 Å².